The predicted octanol–water partition coefficient (Wildman–Crippen LogP) is 2.31. The van der Waals surface area contributed by atoms with Crippen LogP contribution in [0.1, 0.15) is 16.7 Å². The molecule has 0 unspecified atom stereocenters. The van der Waals surface area contributed by atoms with E-state index in [1.165, 1.54) is 5.56 Å². The summed E-state index contributed by atoms with van der Waals surface area (Å²) in [5.41, 5.74) is 2.77. The molecule has 2 atom stereocenters. The van der Waals surface area contributed by atoms with Gasteiger partial charge in [-0.3, -0.25) is 4.79 Å². The minimum atomic E-state index is -0.486. The number of aliphatic hydroxyl groups excluding tert-OH is 1. The fourth-order valence-electron chi connectivity index (χ4n) is 3.23. The first kappa shape index (κ1) is 16.5. The number of aromatic hydroxyl groups is 1. The van der Waals surface area contributed by atoms with Crippen molar-refractivity contribution in [2.75, 3.05) is 13.1 Å². The Morgan fingerprint density at radius 3 is 2.58 bits per heavy atom. The van der Waals surface area contributed by atoms with Gasteiger partial charge in [0, 0.05) is 19.0 Å². The minimum Gasteiger partial charge on any atom is -0.508 e. The van der Waals surface area contributed by atoms with Crippen LogP contribution in [0.15, 0.2) is 48.5 Å². The van der Waals surface area contributed by atoms with Crippen molar-refractivity contribution in [3.05, 3.63) is 65.2 Å². The third kappa shape index (κ3) is 3.77. The van der Waals surface area contributed by atoms with Crippen LogP contribution >= 0.6 is 0 Å². The average molecular weight is 325 g/mol. The molecule has 0 bridgehead atoms. The fourth-order valence-corrected chi connectivity index (χ4v) is 3.23. The van der Waals surface area contributed by atoms with Crippen LogP contribution in [0.4, 0.5) is 0 Å². The molecule has 0 aromatic heterocycles. The van der Waals surface area contributed by atoms with Gasteiger partial charge in [-0.2, -0.15) is 0 Å². The SMILES string of the molecule is Cc1ccc(CC(=O)N2C[C@@H](Cc3ccccc3)[C@H](O)C2)cc1O. The monoisotopic (exact) mass is 325 g/mol. The topological polar surface area (TPSA) is 60.8 Å². The Morgan fingerprint density at radius 2 is 1.88 bits per heavy atom. The number of rotatable bonds is 4. The van der Waals surface area contributed by atoms with Crippen LogP contribution in [0.25, 0.3) is 0 Å². The Hall–Kier alpha value is -2.33. The zero-order valence-electron chi connectivity index (χ0n) is 13.9. The summed E-state index contributed by atoms with van der Waals surface area (Å²) < 4.78 is 0. The van der Waals surface area contributed by atoms with Crippen molar-refractivity contribution in [3.8, 4) is 5.75 Å². The van der Waals surface area contributed by atoms with Crippen molar-refractivity contribution in [3.63, 3.8) is 0 Å². The van der Waals surface area contributed by atoms with Crippen molar-refractivity contribution in [1.29, 1.82) is 0 Å². The molecule has 1 aliphatic rings. The molecule has 0 saturated carbocycles. The lowest BCUT2D eigenvalue weighted by Crippen LogP contribution is -2.31. The maximum atomic E-state index is 12.5. The number of amides is 1. The number of hydrogen-bond donors (Lipinski definition) is 2. The van der Waals surface area contributed by atoms with Crippen molar-refractivity contribution in [2.45, 2.75) is 25.9 Å². The van der Waals surface area contributed by atoms with E-state index < -0.39 is 6.10 Å². The molecule has 3 rings (SSSR count). The van der Waals surface area contributed by atoms with Gasteiger partial charge in [0.15, 0.2) is 0 Å². The fraction of sp³-hybridized carbons (Fsp3) is 0.350. The molecule has 4 nitrogen and oxygen atoms in total. The van der Waals surface area contributed by atoms with E-state index in [0.717, 1.165) is 17.5 Å². The number of carbonyl (C=O) groups is 1. The number of aliphatic hydroxyl groups is 1. The summed E-state index contributed by atoms with van der Waals surface area (Å²) in [7, 11) is 0. The number of aryl methyl sites for hydroxylation is 1. The first-order chi connectivity index (χ1) is 11.5. The molecule has 1 amide bonds. The lowest BCUT2D eigenvalue weighted by Gasteiger charge is -2.16. The van der Waals surface area contributed by atoms with Crippen molar-refractivity contribution in [2.24, 2.45) is 5.92 Å². The highest BCUT2D eigenvalue weighted by atomic mass is 16.3. The molecule has 0 spiro atoms. The molecule has 2 N–H and O–H groups in total. The Morgan fingerprint density at radius 1 is 1.12 bits per heavy atom. The van der Waals surface area contributed by atoms with Crippen LogP contribution in [-0.4, -0.2) is 40.2 Å². The van der Waals surface area contributed by atoms with Crippen molar-refractivity contribution >= 4 is 5.91 Å². The highest BCUT2D eigenvalue weighted by molar-refractivity contribution is 5.79. The molecule has 2 aromatic rings. The van der Waals surface area contributed by atoms with Gasteiger partial charge in [-0.1, -0.05) is 42.5 Å². The van der Waals surface area contributed by atoms with Crippen LogP contribution < -0.4 is 0 Å². The number of β-amino-alcohol motifs (C(OH)–C–C–N with tert-alkyl or cyclic N) is 1. The summed E-state index contributed by atoms with van der Waals surface area (Å²) in [6, 6.07) is 15.4. The van der Waals surface area contributed by atoms with Gasteiger partial charge in [-0.15, -0.1) is 0 Å². The second-order valence-electron chi connectivity index (χ2n) is 6.61. The van der Waals surface area contributed by atoms with Gasteiger partial charge in [0.25, 0.3) is 0 Å². The minimum absolute atomic E-state index is 0.00661. The van der Waals surface area contributed by atoms with Crippen LogP contribution in [-0.2, 0) is 17.6 Å². The first-order valence-electron chi connectivity index (χ1n) is 8.31. The summed E-state index contributed by atoms with van der Waals surface area (Å²) in [6.45, 7) is 2.78. The molecule has 1 aliphatic heterocycles. The number of likely N-dealkylation sites (tertiary alicyclic amines) is 1. The number of hydrogen-bond acceptors (Lipinski definition) is 3. The molecule has 1 heterocycles. The molecule has 2 aromatic carbocycles. The van der Waals surface area contributed by atoms with E-state index in [0.29, 0.717) is 13.1 Å². The van der Waals surface area contributed by atoms with Crippen molar-refractivity contribution in [1.82, 2.24) is 4.90 Å². The zero-order valence-corrected chi connectivity index (χ0v) is 13.9. The van der Waals surface area contributed by atoms with Crippen LogP contribution in [0.5, 0.6) is 5.75 Å². The lowest BCUT2D eigenvalue weighted by atomic mass is 9.97. The van der Waals surface area contributed by atoms with Gasteiger partial charge < -0.3 is 15.1 Å². The quantitative estimate of drug-likeness (QED) is 0.907. The lowest BCUT2D eigenvalue weighted by molar-refractivity contribution is -0.129. The highest BCUT2D eigenvalue weighted by Gasteiger charge is 2.33. The summed E-state index contributed by atoms with van der Waals surface area (Å²) in [5.74, 6) is 0.277. The number of carbonyl (C=O) groups excluding carboxylic acids is 1. The summed E-state index contributed by atoms with van der Waals surface area (Å²) in [6.07, 6.45) is 0.538. The molecule has 0 aliphatic carbocycles. The summed E-state index contributed by atoms with van der Waals surface area (Å²) in [5, 5.41) is 20.0. The Balaban J connectivity index is 1.61. The molecule has 24 heavy (non-hydrogen) atoms. The standard InChI is InChI=1S/C20H23NO3/c1-14-7-8-16(10-18(14)22)11-20(24)21-12-17(19(23)13-21)9-15-5-3-2-4-6-15/h2-8,10,17,19,22-23H,9,11-13H2,1H3/t17-,19-/m1/s1. The third-order valence-electron chi connectivity index (χ3n) is 4.73. The van der Waals surface area contributed by atoms with Gasteiger partial charge in [-0.05, 0) is 36.1 Å². The zero-order chi connectivity index (χ0) is 17.1. The number of benzene rings is 2. The second-order valence-corrected chi connectivity index (χ2v) is 6.61. The van der Waals surface area contributed by atoms with E-state index in [1.54, 1.807) is 11.0 Å². The maximum absolute atomic E-state index is 12.5. The number of nitrogens with zero attached hydrogens (tertiary/aromatic N) is 1. The largest absolute Gasteiger partial charge is 0.508 e. The molecule has 1 fully saturated rings. The van der Waals surface area contributed by atoms with E-state index in [9.17, 15) is 15.0 Å². The molecule has 4 heteroatoms. The number of phenols is 1. The summed E-state index contributed by atoms with van der Waals surface area (Å²) >= 11 is 0. The third-order valence-corrected chi connectivity index (χ3v) is 4.73. The van der Waals surface area contributed by atoms with Gasteiger partial charge in [0.2, 0.25) is 5.91 Å². The Bertz CT molecular complexity index is 714. The number of phenolic OH excluding ortho intramolecular Hbond substituents is 1. The molecular weight excluding hydrogens is 302 g/mol. The normalized spacial score (nSPS) is 20.3. The molecule has 1 saturated heterocycles. The Kier molecular flexibility index (Phi) is 4.86. The molecule has 0 radical (unpaired) electrons. The van der Waals surface area contributed by atoms with Gasteiger partial charge >= 0.3 is 0 Å². The van der Waals surface area contributed by atoms with Gasteiger partial charge in [0.05, 0.1) is 12.5 Å². The van der Waals surface area contributed by atoms with Crippen LogP contribution in [0, 0.1) is 12.8 Å². The van der Waals surface area contributed by atoms with Crippen LogP contribution in [0.2, 0.25) is 0 Å². The second kappa shape index (κ2) is 7.05. The highest BCUT2D eigenvalue weighted by Crippen LogP contribution is 2.23. The summed E-state index contributed by atoms with van der Waals surface area (Å²) in [4.78, 5) is 14.2. The molecular formula is C20H23NO3. The maximum Gasteiger partial charge on any atom is 0.227 e. The first-order valence-corrected chi connectivity index (χ1v) is 8.31. The van der Waals surface area contributed by atoms with Crippen LogP contribution in [0.3, 0.4) is 0 Å². The van der Waals surface area contributed by atoms with Gasteiger partial charge in [0.1, 0.15) is 5.75 Å². The Labute approximate surface area is 142 Å². The predicted molar refractivity (Wildman–Crippen MR) is 92.8 cm³/mol. The average Bonchev–Trinajstić information content (AvgIpc) is 2.93. The van der Waals surface area contributed by atoms with E-state index in [4.69, 9.17) is 0 Å². The van der Waals surface area contributed by atoms with E-state index >= 15 is 0 Å². The molecule has 126 valence electrons. The smallest absolute Gasteiger partial charge is 0.227 e. The van der Waals surface area contributed by atoms with E-state index in [1.807, 2.05) is 49.4 Å². The van der Waals surface area contributed by atoms with E-state index in [-0.39, 0.29) is 24.0 Å². The van der Waals surface area contributed by atoms with Crippen molar-refractivity contribution < 1.29 is 15.0 Å². The van der Waals surface area contributed by atoms with Gasteiger partial charge in [-0.25, -0.2) is 0 Å². The van der Waals surface area contributed by atoms with E-state index in [2.05, 4.69) is 0 Å².